The van der Waals surface area contributed by atoms with Crippen LogP contribution in [0.4, 0.5) is 5.69 Å². The minimum absolute atomic E-state index is 0.227. The highest BCUT2D eigenvalue weighted by Crippen LogP contribution is 2.27. The van der Waals surface area contributed by atoms with E-state index in [0.717, 1.165) is 10.6 Å². The molecular formula is C20H26N2O4S. The summed E-state index contributed by atoms with van der Waals surface area (Å²) in [6.45, 7) is 6.40. The van der Waals surface area contributed by atoms with E-state index in [4.69, 9.17) is 4.74 Å². The van der Waals surface area contributed by atoms with Gasteiger partial charge in [0.15, 0.2) is 0 Å². The zero-order valence-electron chi connectivity index (χ0n) is 16.1. The topological polar surface area (TPSA) is 66.9 Å². The van der Waals surface area contributed by atoms with Crippen LogP contribution in [0.2, 0.25) is 0 Å². The summed E-state index contributed by atoms with van der Waals surface area (Å²) in [6, 6.07) is 15.1. The molecule has 0 aliphatic carbocycles. The Morgan fingerprint density at radius 3 is 1.96 bits per heavy atom. The largest absolute Gasteiger partial charge is 0.457 e. The molecule has 146 valence electrons. The fourth-order valence-electron chi connectivity index (χ4n) is 2.89. The molecule has 0 unspecified atom stereocenters. The molecule has 2 aromatic rings. The van der Waals surface area contributed by atoms with Gasteiger partial charge in [-0.1, -0.05) is 18.2 Å². The van der Waals surface area contributed by atoms with Crippen LogP contribution in [0.5, 0.6) is 11.5 Å². The van der Waals surface area contributed by atoms with E-state index in [2.05, 4.69) is 0 Å². The number of benzene rings is 2. The standard InChI is InChI=1S/C20H26N2O4S/c1-5-21(6-2)20(23)16(3)22(27(4,24)25)17-12-14-19(15-13-17)26-18-10-8-7-9-11-18/h7-16H,5-6H2,1-4H3/t16-/m0/s1. The van der Waals surface area contributed by atoms with E-state index < -0.39 is 16.1 Å². The summed E-state index contributed by atoms with van der Waals surface area (Å²) < 4.78 is 31.6. The van der Waals surface area contributed by atoms with Crippen molar-refractivity contribution in [3.05, 3.63) is 54.6 Å². The average Bonchev–Trinajstić information content (AvgIpc) is 2.64. The van der Waals surface area contributed by atoms with E-state index in [1.165, 1.54) is 0 Å². The summed E-state index contributed by atoms with van der Waals surface area (Å²) in [5.41, 5.74) is 0.422. The van der Waals surface area contributed by atoms with Crippen molar-refractivity contribution in [1.29, 1.82) is 0 Å². The van der Waals surface area contributed by atoms with Gasteiger partial charge < -0.3 is 9.64 Å². The van der Waals surface area contributed by atoms with Crippen molar-refractivity contribution in [1.82, 2.24) is 4.90 Å². The molecule has 0 aliphatic rings. The number of rotatable bonds is 8. The Balaban J connectivity index is 2.28. The molecular weight excluding hydrogens is 364 g/mol. The molecule has 0 spiro atoms. The summed E-state index contributed by atoms with van der Waals surface area (Å²) in [5.74, 6) is 1.05. The number of likely N-dealkylation sites (N-methyl/N-ethyl adjacent to an activating group) is 1. The normalized spacial score (nSPS) is 12.3. The third-order valence-electron chi connectivity index (χ3n) is 4.21. The summed E-state index contributed by atoms with van der Waals surface area (Å²) in [6.07, 6.45) is 1.10. The Labute approximate surface area is 161 Å². The van der Waals surface area contributed by atoms with Crippen molar-refractivity contribution in [2.75, 3.05) is 23.7 Å². The summed E-state index contributed by atoms with van der Waals surface area (Å²) in [5, 5.41) is 0. The molecule has 0 heterocycles. The number of amides is 1. The lowest BCUT2D eigenvalue weighted by Gasteiger charge is -2.31. The Morgan fingerprint density at radius 2 is 1.48 bits per heavy atom. The molecule has 0 fully saturated rings. The van der Waals surface area contributed by atoms with Gasteiger partial charge in [-0.25, -0.2) is 8.42 Å². The number of hydrogen-bond donors (Lipinski definition) is 0. The van der Waals surface area contributed by atoms with Gasteiger partial charge >= 0.3 is 0 Å². The van der Waals surface area contributed by atoms with Gasteiger partial charge in [0.2, 0.25) is 15.9 Å². The molecule has 1 atom stereocenters. The maximum absolute atomic E-state index is 12.7. The minimum atomic E-state index is -3.64. The van der Waals surface area contributed by atoms with Gasteiger partial charge in [-0.3, -0.25) is 9.10 Å². The van der Waals surface area contributed by atoms with Crippen LogP contribution >= 0.6 is 0 Å². The monoisotopic (exact) mass is 390 g/mol. The Bertz CT molecular complexity index is 847. The predicted octanol–water partition coefficient (Wildman–Crippen LogP) is 3.50. The van der Waals surface area contributed by atoms with E-state index >= 15 is 0 Å². The van der Waals surface area contributed by atoms with Crippen LogP contribution in [0.25, 0.3) is 0 Å². The summed E-state index contributed by atoms with van der Waals surface area (Å²) in [4.78, 5) is 14.3. The predicted molar refractivity (Wildman–Crippen MR) is 108 cm³/mol. The second kappa shape index (κ2) is 8.90. The van der Waals surface area contributed by atoms with Crippen molar-refractivity contribution in [3.63, 3.8) is 0 Å². The van der Waals surface area contributed by atoms with Crippen molar-refractivity contribution in [2.24, 2.45) is 0 Å². The number of sulfonamides is 1. The van der Waals surface area contributed by atoms with Gasteiger partial charge in [0, 0.05) is 13.1 Å². The maximum Gasteiger partial charge on any atom is 0.246 e. The zero-order chi connectivity index (χ0) is 20.0. The van der Waals surface area contributed by atoms with Gasteiger partial charge in [-0.15, -0.1) is 0 Å². The SMILES string of the molecule is CCN(CC)C(=O)[C@H](C)N(c1ccc(Oc2ccccc2)cc1)S(C)(=O)=O. The number of nitrogens with zero attached hydrogens (tertiary/aromatic N) is 2. The van der Waals surface area contributed by atoms with E-state index in [0.29, 0.717) is 30.3 Å². The van der Waals surface area contributed by atoms with E-state index in [1.807, 2.05) is 44.2 Å². The molecule has 27 heavy (non-hydrogen) atoms. The molecule has 0 aromatic heterocycles. The van der Waals surface area contributed by atoms with Gasteiger partial charge in [0.05, 0.1) is 11.9 Å². The van der Waals surface area contributed by atoms with E-state index in [-0.39, 0.29) is 5.91 Å². The van der Waals surface area contributed by atoms with Gasteiger partial charge in [-0.2, -0.15) is 0 Å². The molecule has 2 aromatic carbocycles. The van der Waals surface area contributed by atoms with Crippen LogP contribution in [0.3, 0.4) is 0 Å². The Kier molecular flexibility index (Phi) is 6.85. The van der Waals surface area contributed by atoms with Gasteiger partial charge in [-0.05, 0) is 57.2 Å². The van der Waals surface area contributed by atoms with Gasteiger partial charge in [0.1, 0.15) is 17.5 Å². The first-order valence-electron chi connectivity index (χ1n) is 8.89. The molecule has 0 saturated heterocycles. The lowest BCUT2D eigenvalue weighted by molar-refractivity contribution is -0.131. The van der Waals surface area contributed by atoms with Crippen LogP contribution in [0.15, 0.2) is 54.6 Å². The molecule has 0 bridgehead atoms. The molecule has 0 N–H and O–H groups in total. The number of carbonyl (C=O) groups is 1. The van der Waals surface area contributed by atoms with Crippen LogP contribution in [-0.2, 0) is 14.8 Å². The summed E-state index contributed by atoms with van der Waals surface area (Å²) >= 11 is 0. The first kappa shape index (κ1) is 20.8. The Morgan fingerprint density at radius 1 is 0.963 bits per heavy atom. The quantitative estimate of drug-likeness (QED) is 0.692. The number of anilines is 1. The first-order valence-corrected chi connectivity index (χ1v) is 10.7. The lowest BCUT2D eigenvalue weighted by atomic mass is 10.2. The van der Waals surface area contributed by atoms with Crippen molar-refractivity contribution in [2.45, 2.75) is 26.8 Å². The second-order valence-corrected chi connectivity index (χ2v) is 8.01. The molecule has 1 amide bonds. The van der Waals surface area contributed by atoms with Gasteiger partial charge in [0.25, 0.3) is 0 Å². The number of hydrogen-bond acceptors (Lipinski definition) is 4. The smallest absolute Gasteiger partial charge is 0.246 e. The fourth-order valence-corrected chi connectivity index (χ4v) is 4.06. The van der Waals surface area contributed by atoms with E-state index in [9.17, 15) is 13.2 Å². The lowest BCUT2D eigenvalue weighted by Crippen LogP contribution is -2.49. The molecule has 0 aliphatic heterocycles. The molecule has 6 nitrogen and oxygen atoms in total. The number of ether oxygens (including phenoxy) is 1. The number of para-hydroxylation sites is 1. The van der Waals surface area contributed by atoms with Crippen LogP contribution in [-0.4, -0.2) is 44.6 Å². The number of carbonyl (C=O) groups excluding carboxylic acids is 1. The third kappa shape index (κ3) is 5.23. The van der Waals surface area contributed by atoms with Crippen molar-refractivity contribution >= 4 is 21.6 Å². The second-order valence-electron chi connectivity index (χ2n) is 6.15. The highest BCUT2D eigenvalue weighted by Gasteiger charge is 2.31. The molecule has 2 rings (SSSR count). The molecule has 0 radical (unpaired) electrons. The maximum atomic E-state index is 12.7. The Hall–Kier alpha value is -2.54. The fraction of sp³-hybridized carbons (Fsp3) is 0.350. The summed E-state index contributed by atoms with van der Waals surface area (Å²) in [7, 11) is -3.64. The van der Waals surface area contributed by atoms with Crippen molar-refractivity contribution in [3.8, 4) is 11.5 Å². The van der Waals surface area contributed by atoms with Crippen molar-refractivity contribution < 1.29 is 17.9 Å². The van der Waals surface area contributed by atoms with Crippen LogP contribution in [0, 0.1) is 0 Å². The average molecular weight is 391 g/mol. The highest BCUT2D eigenvalue weighted by molar-refractivity contribution is 7.92. The third-order valence-corrected chi connectivity index (χ3v) is 5.45. The molecule has 0 saturated carbocycles. The highest BCUT2D eigenvalue weighted by atomic mass is 32.2. The minimum Gasteiger partial charge on any atom is -0.457 e. The van der Waals surface area contributed by atoms with Crippen LogP contribution < -0.4 is 9.04 Å². The zero-order valence-corrected chi connectivity index (χ0v) is 16.9. The van der Waals surface area contributed by atoms with Crippen LogP contribution in [0.1, 0.15) is 20.8 Å². The van der Waals surface area contributed by atoms with E-state index in [1.54, 1.807) is 36.1 Å². The molecule has 7 heteroatoms. The first-order chi connectivity index (χ1) is 12.8.